The molecule has 122 valence electrons. The van der Waals surface area contributed by atoms with E-state index >= 15 is 0 Å². The molecule has 3 aliphatic heterocycles. The van der Waals surface area contributed by atoms with Crippen LogP contribution in [0.1, 0.15) is 20.3 Å². The van der Waals surface area contributed by atoms with Gasteiger partial charge in [-0.3, -0.25) is 0 Å². The highest BCUT2D eigenvalue weighted by Gasteiger charge is 2.49. The molecule has 4 fully saturated rings. The molecule has 1 aliphatic carbocycles. The van der Waals surface area contributed by atoms with E-state index in [-0.39, 0.29) is 7.43 Å². The molecule has 3 saturated heterocycles. The normalized spacial score (nSPS) is 34.2. The van der Waals surface area contributed by atoms with Crippen LogP contribution in [0.15, 0.2) is 30.3 Å². The van der Waals surface area contributed by atoms with Gasteiger partial charge in [-0.05, 0) is 18.8 Å². The topological polar surface area (TPSA) is 38.3 Å². The van der Waals surface area contributed by atoms with Gasteiger partial charge in [-0.25, -0.2) is 0 Å². The number of aromatic nitrogens is 2. The average Bonchev–Trinajstić information content (AvgIpc) is 3.00. The maximum atomic E-state index is 6.31. The highest BCUT2D eigenvalue weighted by atomic mass is 32.1. The van der Waals surface area contributed by atoms with E-state index in [9.17, 15) is 0 Å². The van der Waals surface area contributed by atoms with Gasteiger partial charge in [0, 0.05) is 37.0 Å². The van der Waals surface area contributed by atoms with Crippen molar-refractivity contribution in [2.75, 3.05) is 19.6 Å². The van der Waals surface area contributed by atoms with Gasteiger partial charge in [-0.2, -0.15) is 0 Å². The van der Waals surface area contributed by atoms with Crippen LogP contribution in [0.2, 0.25) is 0 Å². The quantitative estimate of drug-likeness (QED) is 0.863. The van der Waals surface area contributed by atoms with E-state index in [2.05, 4.69) is 27.2 Å². The van der Waals surface area contributed by atoms with Crippen LogP contribution in [0.5, 0.6) is 5.19 Å². The number of rotatable bonds is 3. The minimum absolute atomic E-state index is 0. The highest BCUT2D eigenvalue weighted by molar-refractivity contribution is 7.16. The van der Waals surface area contributed by atoms with Crippen LogP contribution < -0.4 is 4.74 Å². The van der Waals surface area contributed by atoms with Crippen molar-refractivity contribution in [3.05, 3.63) is 30.3 Å². The Labute approximate surface area is 141 Å². The third-order valence-corrected chi connectivity index (χ3v) is 6.23. The maximum absolute atomic E-state index is 6.31. The first-order valence-electron chi connectivity index (χ1n) is 8.13. The Morgan fingerprint density at radius 2 is 1.74 bits per heavy atom. The van der Waals surface area contributed by atoms with Gasteiger partial charge in [-0.15, -0.1) is 5.10 Å². The summed E-state index contributed by atoms with van der Waals surface area (Å²) in [6.07, 6.45) is 3.02. The number of piperidine rings is 3. The van der Waals surface area contributed by atoms with Crippen molar-refractivity contribution < 1.29 is 4.74 Å². The zero-order valence-corrected chi connectivity index (χ0v) is 13.2. The standard InChI is InChI=1S/C17H19N3OS.CH4/c1-2-4-12(5-3-1)16-18-19-17(22-16)21-15-13-6-11-7-14(15)10-20(8-11)9-13;/h1-5,11,13-15H,6-10H2;1H4. The monoisotopic (exact) mass is 329 g/mol. The van der Waals surface area contributed by atoms with Gasteiger partial charge in [0.15, 0.2) is 5.01 Å². The smallest absolute Gasteiger partial charge is 0.294 e. The summed E-state index contributed by atoms with van der Waals surface area (Å²) in [5, 5.41) is 10.3. The molecule has 0 N–H and O–H groups in total. The molecule has 0 radical (unpaired) electrons. The fourth-order valence-electron chi connectivity index (χ4n) is 4.63. The summed E-state index contributed by atoms with van der Waals surface area (Å²) in [6.45, 7) is 3.74. The van der Waals surface area contributed by atoms with E-state index in [4.69, 9.17) is 4.74 Å². The molecule has 5 heteroatoms. The predicted molar refractivity (Wildman–Crippen MR) is 92.6 cm³/mol. The van der Waals surface area contributed by atoms with E-state index in [0.717, 1.165) is 21.7 Å². The minimum atomic E-state index is 0. The number of hydrogen-bond donors (Lipinski definition) is 0. The van der Waals surface area contributed by atoms with Crippen molar-refractivity contribution in [3.8, 4) is 15.8 Å². The molecule has 2 aromatic rings. The van der Waals surface area contributed by atoms with Gasteiger partial charge in [0.25, 0.3) is 5.19 Å². The fourth-order valence-corrected chi connectivity index (χ4v) is 5.37. The summed E-state index contributed by atoms with van der Waals surface area (Å²) >= 11 is 1.57. The second kappa shape index (κ2) is 5.87. The summed E-state index contributed by atoms with van der Waals surface area (Å²) < 4.78 is 6.31. The number of hydrogen-bond acceptors (Lipinski definition) is 5. The lowest BCUT2D eigenvalue weighted by Gasteiger charge is -2.54. The van der Waals surface area contributed by atoms with Crippen molar-refractivity contribution in [1.29, 1.82) is 0 Å². The molecule has 1 aromatic carbocycles. The van der Waals surface area contributed by atoms with Crippen LogP contribution in [0.3, 0.4) is 0 Å². The molecular weight excluding hydrogens is 306 g/mol. The maximum Gasteiger partial charge on any atom is 0.294 e. The van der Waals surface area contributed by atoms with E-state index < -0.39 is 0 Å². The van der Waals surface area contributed by atoms with Crippen LogP contribution in [0.25, 0.3) is 10.6 Å². The Morgan fingerprint density at radius 3 is 2.43 bits per heavy atom. The lowest BCUT2D eigenvalue weighted by molar-refractivity contribution is -0.0986. The van der Waals surface area contributed by atoms with Crippen LogP contribution in [0, 0.1) is 17.8 Å². The Balaban J connectivity index is 0.00000135. The molecule has 4 heterocycles. The van der Waals surface area contributed by atoms with Crippen molar-refractivity contribution in [1.82, 2.24) is 15.1 Å². The van der Waals surface area contributed by atoms with Crippen LogP contribution in [-0.2, 0) is 0 Å². The molecule has 4 nitrogen and oxygen atoms in total. The van der Waals surface area contributed by atoms with Gasteiger partial charge in [0.1, 0.15) is 6.10 Å². The highest BCUT2D eigenvalue weighted by Crippen LogP contribution is 2.45. The molecule has 2 atom stereocenters. The molecule has 0 spiro atoms. The Bertz CT molecular complexity index is 644. The molecule has 4 bridgehead atoms. The second-order valence-electron chi connectivity index (χ2n) is 6.90. The molecule has 1 saturated carbocycles. The average molecular weight is 329 g/mol. The first kappa shape index (κ1) is 15.1. The van der Waals surface area contributed by atoms with Crippen molar-refractivity contribution in [3.63, 3.8) is 0 Å². The Kier molecular flexibility index (Phi) is 3.85. The van der Waals surface area contributed by atoms with Crippen molar-refractivity contribution >= 4 is 11.3 Å². The zero-order chi connectivity index (χ0) is 14.5. The summed E-state index contributed by atoms with van der Waals surface area (Å²) in [5.74, 6) is 2.29. The summed E-state index contributed by atoms with van der Waals surface area (Å²) in [6, 6.07) is 10.2. The van der Waals surface area contributed by atoms with Gasteiger partial charge in [0.05, 0.1) is 0 Å². The fraction of sp³-hybridized carbons (Fsp3) is 0.556. The first-order valence-corrected chi connectivity index (χ1v) is 8.95. The van der Waals surface area contributed by atoms with E-state index in [1.165, 1.54) is 32.5 Å². The van der Waals surface area contributed by atoms with Crippen molar-refractivity contribution in [2.45, 2.75) is 26.4 Å². The largest absolute Gasteiger partial charge is 0.465 e. The molecule has 23 heavy (non-hydrogen) atoms. The molecule has 4 aliphatic rings. The van der Waals surface area contributed by atoms with Gasteiger partial charge in [0.2, 0.25) is 0 Å². The van der Waals surface area contributed by atoms with Crippen LogP contribution in [0.4, 0.5) is 0 Å². The van der Waals surface area contributed by atoms with E-state index in [1.807, 2.05) is 18.2 Å². The lowest BCUT2D eigenvalue weighted by Crippen LogP contribution is -2.61. The molecule has 0 amide bonds. The first-order chi connectivity index (χ1) is 10.8. The third-order valence-electron chi connectivity index (χ3n) is 5.37. The van der Waals surface area contributed by atoms with Gasteiger partial charge < -0.3 is 9.64 Å². The predicted octanol–water partition coefficient (Wildman–Crippen LogP) is 3.56. The minimum Gasteiger partial charge on any atom is -0.465 e. The van der Waals surface area contributed by atoms with Crippen molar-refractivity contribution in [2.24, 2.45) is 17.8 Å². The van der Waals surface area contributed by atoms with Gasteiger partial charge in [-0.1, -0.05) is 54.2 Å². The third kappa shape index (κ3) is 2.66. The zero-order valence-electron chi connectivity index (χ0n) is 12.4. The summed E-state index contributed by atoms with van der Waals surface area (Å²) in [7, 11) is 0. The molecule has 2 unspecified atom stereocenters. The number of benzene rings is 1. The Morgan fingerprint density at radius 1 is 1.00 bits per heavy atom. The molecule has 6 rings (SSSR count). The summed E-state index contributed by atoms with van der Waals surface area (Å²) in [5.41, 5.74) is 1.12. The Hall–Kier alpha value is -1.46. The molecule has 1 aromatic heterocycles. The van der Waals surface area contributed by atoms with Crippen LogP contribution >= 0.6 is 11.3 Å². The lowest BCUT2D eigenvalue weighted by atomic mass is 9.66. The van der Waals surface area contributed by atoms with E-state index in [1.54, 1.807) is 11.3 Å². The number of nitrogens with zero attached hydrogens (tertiary/aromatic N) is 3. The molecular formula is C18H23N3OS. The van der Waals surface area contributed by atoms with E-state index in [0.29, 0.717) is 17.9 Å². The SMILES string of the molecule is C.c1ccc(-c2nnc(OC3C4CC5CC3CN(C5)C4)s2)cc1. The second-order valence-corrected chi connectivity index (χ2v) is 7.84. The number of ether oxygens (including phenoxy) is 1. The van der Waals surface area contributed by atoms with Crippen LogP contribution in [-0.4, -0.2) is 40.8 Å². The van der Waals surface area contributed by atoms with Gasteiger partial charge >= 0.3 is 0 Å². The summed E-state index contributed by atoms with van der Waals surface area (Å²) in [4.78, 5) is 2.63.